The summed E-state index contributed by atoms with van der Waals surface area (Å²) in [5, 5.41) is 22.9. The Labute approximate surface area is 189 Å². The van der Waals surface area contributed by atoms with Gasteiger partial charge in [0.15, 0.2) is 17.3 Å². The highest BCUT2D eigenvalue weighted by atomic mass is 19.1. The standard InChI is InChI=1S/C25H22FN3O4/c1-14-10-17(20(26)22(31)21(14)30)23-28-18-11-16(27-24(32)15-6-4-3-5-7-15)8-9-19(18)29(23)25(2)12-33-13-25/h3-11,30-31H,12-13H2,1-2H3,(H,27,32). The van der Waals surface area contributed by atoms with Crippen molar-refractivity contribution in [3.63, 3.8) is 0 Å². The van der Waals surface area contributed by atoms with E-state index >= 15 is 4.39 Å². The lowest BCUT2D eigenvalue weighted by atomic mass is 9.98. The average molecular weight is 447 g/mol. The van der Waals surface area contributed by atoms with Gasteiger partial charge in [0.1, 0.15) is 5.82 Å². The van der Waals surface area contributed by atoms with Crippen molar-refractivity contribution < 1.29 is 24.1 Å². The van der Waals surface area contributed by atoms with Crippen LogP contribution in [0.3, 0.4) is 0 Å². The van der Waals surface area contributed by atoms with Crippen molar-refractivity contribution in [1.29, 1.82) is 0 Å². The van der Waals surface area contributed by atoms with Gasteiger partial charge in [0.25, 0.3) is 5.91 Å². The second-order valence-electron chi connectivity index (χ2n) is 8.54. The molecule has 3 aromatic carbocycles. The second-order valence-corrected chi connectivity index (χ2v) is 8.54. The van der Waals surface area contributed by atoms with Crippen molar-refractivity contribution in [2.24, 2.45) is 0 Å². The van der Waals surface area contributed by atoms with Gasteiger partial charge in [-0.3, -0.25) is 4.79 Å². The third-order valence-electron chi connectivity index (χ3n) is 5.96. The molecular weight excluding hydrogens is 425 g/mol. The summed E-state index contributed by atoms with van der Waals surface area (Å²) >= 11 is 0. The number of anilines is 1. The fourth-order valence-corrected chi connectivity index (χ4v) is 4.13. The second kappa shape index (κ2) is 7.60. The number of rotatable bonds is 4. The maximum absolute atomic E-state index is 15.0. The van der Waals surface area contributed by atoms with Crippen LogP contribution in [0.5, 0.6) is 11.5 Å². The predicted octanol–water partition coefficient (Wildman–Crippen LogP) is 4.56. The number of benzene rings is 3. The molecule has 1 fully saturated rings. The van der Waals surface area contributed by atoms with E-state index in [1.54, 1.807) is 43.3 Å². The SMILES string of the molecule is Cc1cc(-c2nc3cc(NC(=O)c4ccccc4)ccc3n2C2(C)COC2)c(F)c(O)c1O. The van der Waals surface area contributed by atoms with E-state index in [4.69, 9.17) is 4.74 Å². The number of nitrogens with one attached hydrogen (secondary N) is 1. The third kappa shape index (κ3) is 3.39. The van der Waals surface area contributed by atoms with E-state index in [0.29, 0.717) is 41.4 Å². The summed E-state index contributed by atoms with van der Waals surface area (Å²) in [5.74, 6) is -2.20. The Morgan fingerprint density at radius 2 is 1.85 bits per heavy atom. The van der Waals surface area contributed by atoms with Crippen LogP contribution in [0.2, 0.25) is 0 Å². The lowest BCUT2D eigenvalue weighted by molar-refractivity contribution is -0.0868. The first-order valence-electron chi connectivity index (χ1n) is 10.5. The molecule has 4 aromatic rings. The Hall–Kier alpha value is -3.91. The average Bonchev–Trinajstić information content (AvgIpc) is 3.17. The number of aromatic nitrogens is 2. The highest BCUT2D eigenvalue weighted by Crippen LogP contribution is 2.42. The van der Waals surface area contributed by atoms with Crippen molar-refractivity contribution in [2.45, 2.75) is 19.4 Å². The molecule has 5 rings (SSSR count). The number of hydrogen-bond acceptors (Lipinski definition) is 5. The zero-order valence-electron chi connectivity index (χ0n) is 18.1. The number of ether oxygens (including phenoxy) is 1. The van der Waals surface area contributed by atoms with Gasteiger partial charge in [-0.05, 0) is 55.8 Å². The first-order valence-corrected chi connectivity index (χ1v) is 10.5. The quantitative estimate of drug-likeness (QED) is 0.399. The van der Waals surface area contributed by atoms with Gasteiger partial charge in [-0.1, -0.05) is 18.2 Å². The molecule has 0 unspecified atom stereocenters. The molecule has 33 heavy (non-hydrogen) atoms. The molecule has 168 valence electrons. The molecule has 3 N–H and O–H groups in total. The molecule has 0 radical (unpaired) electrons. The van der Waals surface area contributed by atoms with Crippen LogP contribution in [0.1, 0.15) is 22.8 Å². The molecule has 1 saturated heterocycles. The van der Waals surface area contributed by atoms with Crippen LogP contribution in [-0.4, -0.2) is 38.9 Å². The fourth-order valence-electron chi connectivity index (χ4n) is 4.13. The van der Waals surface area contributed by atoms with E-state index in [0.717, 1.165) is 5.52 Å². The summed E-state index contributed by atoms with van der Waals surface area (Å²) in [6.45, 7) is 4.40. The first-order chi connectivity index (χ1) is 15.8. The van der Waals surface area contributed by atoms with Crippen molar-refractivity contribution in [2.75, 3.05) is 18.5 Å². The van der Waals surface area contributed by atoms with Gasteiger partial charge in [-0.25, -0.2) is 9.37 Å². The monoisotopic (exact) mass is 447 g/mol. The molecule has 0 bridgehead atoms. The van der Waals surface area contributed by atoms with Gasteiger partial charge < -0.3 is 24.8 Å². The minimum Gasteiger partial charge on any atom is -0.504 e. The van der Waals surface area contributed by atoms with Gasteiger partial charge in [0, 0.05) is 11.3 Å². The van der Waals surface area contributed by atoms with E-state index in [1.165, 1.54) is 6.07 Å². The van der Waals surface area contributed by atoms with Crippen LogP contribution in [-0.2, 0) is 10.3 Å². The Morgan fingerprint density at radius 1 is 1.12 bits per heavy atom. The Morgan fingerprint density at radius 3 is 2.52 bits per heavy atom. The maximum atomic E-state index is 15.0. The Balaban J connectivity index is 1.64. The van der Waals surface area contributed by atoms with Crippen molar-refractivity contribution in [3.05, 3.63) is 71.5 Å². The number of nitrogens with zero attached hydrogens (tertiary/aromatic N) is 2. The van der Waals surface area contributed by atoms with Crippen molar-refractivity contribution in [1.82, 2.24) is 9.55 Å². The number of carbonyl (C=O) groups is 1. The molecule has 1 aliphatic heterocycles. The summed E-state index contributed by atoms with van der Waals surface area (Å²) in [6.07, 6.45) is 0. The van der Waals surface area contributed by atoms with Gasteiger partial charge in [-0.15, -0.1) is 0 Å². The summed E-state index contributed by atoms with van der Waals surface area (Å²) in [6, 6.07) is 15.6. The molecule has 2 heterocycles. The number of fused-ring (bicyclic) bond motifs is 1. The smallest absolute Gasteiger partial charge is 0.255 e. The largest absolute Gasteiger partial charge is 0.504 e. The number of carbonyl (C=O) groups excluding carboxylic acids is 1. The molecule has 1 aromatic heterocycles. The van der Waals surface area contributed by atoms with Gasteiger partial charge in [0.2, 0.25) is 0 Å². The molecular formula is C25H22FN3O4. The zero-order chi connectivity index (χ0) is 23.3. The highest BCUT2D eigenvalue weighted by molar-refractivity contribution is 6.05. The number of aryl methyl sites for hydroxylation is 1. The minimum atomic E-state index is -0.948. The van der Waals surface area contributed by atoms with E-state index in [9.17, 15) is 15.0 Å². The Kier molecular flexibility index (Phi) is 4.83. The molecule has 1 amide bonds. The lowest BCUT2D eigenvalue weighted by Gasteiger charge is -2.40. The zero-order valence-corrected chi connectivity index (χ0v) is 18.1. The molecule has 0 aliphatic carbocycles. The number of amides is 1. The summed E-state index contributed by atoms with van der Waals surface area (Å²) in [4.78, 5) is 17.2. The van der Waals surface area contributed by atoms with Crippen molar-refractivity contribution >= 4 is 22.6 Å². The van der Waals surface area contributed by atoms with E-state index in [2.05, 4.69) is 10.3 Å². The van der Waals surface area contributed by atoms with Crippen LogP contribution < -0.4 is 5.32 Å². The molecule has 7 nitrogen and oxygen atoms in total. The van der Waals surface area contributed by atoms with Crippen LogP contribution in [0.4, 0.5) is 10.1 Å². The lowest BCUT2D eigenvalue weighted by Crippen LogP contribution is -2.49. The third-order valence-corrected chi connectivity index (χ3v) is 5.96. The highest BCUT2D eigenvalue weighted by Gasteiger charge is 2.39. The first kappa shape index (κ1) is 21.0. The van der Waals surface area contributed by atoms with E-state index < -0.39 is 22.9 Å². The minimum absolute atomic E-state index is 0.0713. The van der Waals surface area contributed by atoms with Crippen LogP contribution in [0, 0.1) is 12.7 Å². The van der Waals surface area contributed by atoms with Crippen LogP contribution in [0.25, 0.3) is 22.4 Å². The number of hydrogen-bond donors (Lipinski definition) is 3. The van der Waals surface area contributed by atoms with Crippen molar-refractivity contribution in [3.8, 4) is 22.9 Å². The molecule has 0 atom stereocenters. The molecule has 0 spiro atoms. The summed E-state index contributed by atoms with van der Waals surface area (Å²) < 4.78 is 22.4. The van der Waals surface area contributed by atoms with Crippen LogP contribution >= 0.6 is 0 Å². The number of halogens is 1. The van der Waals surface area contributed by atoms with Crippen LogP contribution in [0.15, 0.2) is 54.6 Å². The molecule has 0 saturated carbocycles. The molecule has 8 heteroatoms. The topological polar surface area (TPSA) is 96.6 Å². The fraction of sp³-hybridized carbons (Fsp3) is 0.200. The summed E-state index contributed by atoms with van der Waals surface area (Å²) in [7, 11) is 0. The molecule has 1 aliphatic rings. The number of phenolic OH excluding ortho intramolecular Hbond substituents is 2. The number of imidazole rings is 1. The summed E-state index contributed by atoms with van der Waals surface area (Å²) in [5.41, 5.74) is 2.29. The maximum Gasteiger partial charge on any atom is 0.255 e. The number of phenols is 2. The van der Waals surface area contributed by atoms with E-state index in [1.807, 2.05) is 23.6 Å². The van der Waals surface area contributed by atoms with Gasteiger partial charge >= 0.3 is 0 Å². The normalized spacial score (nSPS) is 14.8. The van der Waals surface area contributed by atoms with Gasteiger partial charge in [0.05, 0.1) is 35.3 Å². The number of aromatic hydroxyl groups is 2. The van der Waals surface area contributed by atoms with E-state index in [-0.39, 0.29) is 11.5 Å². The van der Waals surface area contributed by atoms with Gasteiger partial charge in [-0.2, -0.15) is 0 Å². The predicted molar refractivity (Wildman–Crippen MR) is 122 cm³/mol. The Bertz CT molecular complexity index is 1390.